The smallest absolute Gasteiger partial charge is 0.356 e. The first-order chi connectivity index (χ1) is 14.6. The van der Waals surface area contributed by atoms with E-state index in [-0.39, 0.29) is 23.6 Å². The largest absolute Gasteiger partial charge is 0.416 e. The second-order valence-electron chi connectivity index (χ2n) is 7.05. The highest BCUT2D eigenvalue weighted by atomic mass is 19.4. The molecule has 1 unspecified atom stereocenters. The van der Waals surface area contributed by atoms with Crippen molar-refractivity contribution in [1.29, 1.82) is 0 Å². The number of rotatable bonds is 4. The maximum absolute atomic E-state index is 14.5. The highest BCUT2D eigenvalue weighted by Gasteiger charge is 2.42. The van der Waals surface area contributed by atoms with Gasteiger partial charge in [-0.1, -0.05) is 12.1 Å². The van der Waals surface area contributed by atoms with E-state index in [2.05, 4.69) is 15.3 Å². The van der Waals surface area contributed by atoms with Crippen molar-refractivity contribution < 1.29 is 27.1 Å². The van der Waals surface area contributed by atoms with E-state index in [1.54, 1.807) is 12.1 Å². The van der Waals surface area contributed by atoms with Gasteiger partial charge in [0.2, 0.25) is 6.35 Å². The first-order valence-corrected chi connectivity index (χ1v) is 9.33. The molecule has 1 aliphatic rings. The Balaban J connectivity index is 1.73. The van der Waals surface area contributed by atoms with Crippen LogP contribution in [0.4, 0.5) is 33.5 Å². The SMILES string of the molecule is OC(Nc1ccncc1)N1CCC(F)(F)c2ccc(-c3cccc(C(F)(F)F)c3)nc21. The van der Waals surface area contributed by atoms with Crippen LogP contribution in [0.3, 0.4) is 0 Å². The van der Waals surface area contributed by atoms with Crippen LogP contribution in [-0.4, -0.2) is 28.0 Å². The Kier molecular flexibility index (Phi) is 5.26. The monoisotopic (exact) mass is 436 g/mol. The highest BCUT2D eigenvalue weighted by Crippen LogP contribution is 2.43. The number of benzene rings is 1. The quantitative estimate of drug-likeness (QED) is 0.452. The molecular formula is C21H17F5N4O. The van der Waals surface area contributed by atoms with E-state index >= 15 is 0 Å². The van der Waals surface area contributed by atoms with E-state index in [4.69, 9.17) is 0 Å². The summed E-state index contributed by atoms with van der Waals surface area (Å²) in [6.45, 7) is -0.210. The molecule has 5 nitrogen and oxygen atoms in total. The van der Waals surface area contributed by atoms with Crippen LogP contribution >= 0.6 is 0 Å². The minimum Gasteiger partial charge on any atom is -0.356 e. The molecular weight excluding hydrogens is 419 g/mol. The lowest BCUT2D eigenvalue weighted by Gasteiger charge is -2.37. The average Bonchev–Trinajstić information content (AvgIpc) is 2.73. The fourth-order valence-corrected chi connectivity index (χ4v) is 3.38. The van der Waals surface area contributed by atoms with Crippen molar-refractivity contribution in [2.24, 2.45) is 0 Å². The summed E-state index contributed by atoms with van der Waals surface area (Å²) in [5.41, 5.74) is -0.543. The van der Waals surface area contributed by atoms with Crippen molar-refractivity contribution in [2.45, 2.75) is 24.9 Å². The van der Waals surface area contributed by atoms with Gasteiger partial charge >= 0.3 is 6.18 Å². The minimum atomic E-state index is -4.55. The van der Waals surface area contributed by atoms with Gasteiger partial charge in [-0.25, -0.2) is 13.8 Å². The number of aliphatic hydroxyl groups excluding tert-OH is 1. The van der Waals surface area contributed by atoms with E-state index in [0.29, 0.717) is 5.69 Å². The van der Waals surface area contributed by atoms with E-state index in [9.17, 15) is 27.1 Å². The molecule has 4 rings (SSSR count). The maximum atomic E-state index is 14.5. The van der Waals surface area contributed by atoms with E-state index < -0.39 is 36.0 Å². The van der Waals surface area contributed by atoms with Crippen LogP contribution in [0, 0.1) is 0 Å². The van der Waals surface area contributed by atoms with Crippen LogP contribution in [0.15, 0.2) is 60.9 Å². The molecule has 10 heteroatoms. The third kappa shape index (κ3) is 4.29. The van der Waals surface area contributed by atoms with Gasteiger partial charge in [-0.3, -0.25) is 4.98 Å². The molecule has 0 radical (unpaired) electrons. The van der Waals surface area contributed by atoms with Crippen LogP contribution in [0.2, 0.25) is 0 Å². The number of hydrogen-bond donors (Lipinski definition) is 2. The zero-order valence-electron chi connectivity index (χ0n) is 15.9. The summed E-state index contributed by atoms with van der Waals surface area (Å²) >= 11 is 0. The van der Waals surface area contributed by atoms with Crippen LogP contribution in [0.5, 0.6) is 0 Å². The molecule has 0 bridgehead atoms. The second kappa shape index (κ2) is 7.77. The Morgan fingerprint density at radius 1 is 1.06 bits per heavy atom. The van der Waals surface area contributed by atoms with Gasteiger partial charge in [0, 0.05) is 36.6 Å². The molecule has 0 fully saturated rings. The summed E-state index contributed by atoms with van der Waals surface area (Å²) < 4.78 is 68.2. The van der Waals surface area contributed by atoms with Gasteiger partial charge in [-0.2, -0.15) is 13.2 Å². The standard InChI is InChI=1S/C21H17F5N4O/c22-20(23)8-11-30(19(31)28-15-6-9-27-10-7-15)18-16(20)4-5-17(29-18)13-2-1-3-14(12-13)21(24,25)26/h1-7,9-10,12,19,31H,8,11H2,(H,27,28). The predicted octanol–water partition coefficient (Wildman–Crippen LogP) is 4.85. The first-order valence-electron chi connectivity index (χ1n) is 9.33. The number of hydrogen-bond acceptors (Lipinski definition) is 5. The third-order valence-electron chi connectivity index (χ3n) is 4.96. The molecule has 1 atom stereocenters. The summed E-state index contributed by atoms with van der Waals surface area (Å²) in [5.74, 6) is -3.37. The average molecular weight is 436 g/mol. The van der Waals surface area contributed by atoms with Gasteiger partial charge in [-0.15, -0.1) is 0 Å². The van der Waals surface area contributed by atoms with Crippen LogP contribution in [0.25, 0.3) is 11.3 Å². The molecule has 1 aliphatic heterocycles. The van der Waals surface area contributed by atoms with Crippen LogP contribution < -0.4 is 10.2 Å². The fourth-order valence-electron chi connectivity index (χ4n) is 3.38. The fraction of sp³-hybridized carbons (Fsp3) is 0.238. The number of fused-ring (bicyclic) bond motifs is 1. The number of anilines is 2. The molecule has 3 heterocycles. The van der Waals surface area contributed by atoms with Crippen LogP contribution in [0.1, 0.15) is 17.5 Å². The van der Waals surface area contributed by atoms with Gasteiger partial charge in [0.15, 0.2) is 0 Å². The number of nitrogens with one attached hydrogen (secondary N) is 1. The van der Waals surface area contributed by atoms with E-state index in [1.165, 1.54) is 35.5 Å². The molecule has 31 heavy (non-hydrogen) atoms. The van der Waals surface area contributed by atoms with Crippen molar-refractivity contribution >= 4 is 11.5 Å². The number of halogens is 5. The zero-order valence-corrected chi connectivity index (χ0v) is 15.9. The third-order valence-corrected chi connectivity index (χ3v) is 4.96. The molecule has 2 aromatic heterocycles. The molecule has 162 valence electrons. The Morgan fingerprint density at radius 2 is 1.81 bits per heavy atom. The topological polar surface area (TPSA) is 61.3 Å². The van der Waals surface area contributed by atoms with Crippen molar-refractivity contribution in [3.05, 3.63) is 72.1 Å². The number of aliphatic hydroxyl groups is 1. The van der Waals surface area contributed by atoms with Crippen molar-refractivity contribution in [1.82, 2.24) is 9.97 Å². The maximum Gasteiger partial charge on any atom is 0.416 e. The molecule has 0 aliphatic carbocycles. The zero-order chi connectivity index (χ0) is 22.2. The lowest BCUT2D eigenvalue weighted by Crippen LogP contribution is -2.47. The van der Waals surface area contributed by atoms with Crippen molar-refractivity contribution in [2.75, 3.05) is 16.8 Å². The number of pyridine rings is 2. The number of aromatic nitrogens is 2. The van der Waals surface area contributed by atoms with Crippen LogP contribution in [-0.2, 0) is 12.1 Å². The van der Waals surface area contributed by atoms with Gasteiger partial charge in [0.25, 0.3) is 5.92 Å². The summed E-state index contributed by atoms with van der Waals surface area (Å²) in [7, 11) is 0. The molecule has 3 aromatic rings. The molecule has 0 spiro atoms. The first kappa shape index (κ1) is 21.0. The second-order valence-corrected chi connectivity index (χ2v) is 7.05. The Morgan fingerprint density at radius 3 is 2.52 bits per heavy atom. The van der Waals surface area contributed by atoms with E-state index in [1.807, 2.05) is 0 Å². The Labute approximate surface area is 174 Å². The molecule has 2 N–H and O–H groups in total. The number of nitrogens with zero attached hydrogens (tertiary/aromatic N) is 3. The predicted molar refractivity (Wildman–Crippen MR) is 104 cm³/mol. The molecule has 1 aromatic carbocycles. The summed E-state index contributed by atoms with van der Waals surface area (Å²) in [6, 6.07) is 10.1. The van der Waals surface area contributed by atoms with Crippen molar-refractivity contribution in [3.63, 3.8) is 0 Å². The summed E-state index contributed by atoms with van der Waals surface area (Å²) in [6.07, 6.45) is -3.48. The molecule has 0 amide bonds. The van der Waals surface area contributed by atoms with Gasteiger partial charge in [0.05, 0.1) is 16.8 Å². The highest BCUT2D eigenvalue weighted by molar-refractivity contribution is 5.66. The molecule has 0 saturated carbocycles. The normalized spacial score (nSPS) is 16.5. The minimum absolute atomic E-state index is 0.0867. The lowest BCUT2D eigenvalue weighted by atomic mass is 9.99. The Bertz CT molecular complexity index is 1070. The van der Waals surface area contributed by atoms with Gasteiger partial charge in [0.1, 0.15) is 5.82 Å². The van der Waals surface area contributed by atoms with Crippen molar-refractivity contribution in [3.8, 4) is 11.3 Å². The number of alkyl halides is 5. The Hall–Kier alpha value is -3.27. The van der Waals surface area contributed by atoms with E-state index in [0.717, 1.165) is 18.2 Å². The lowest BCUT2D eigenvalue weighted by molar-refractivity contribution is -0.137. The summed E-state index contributed by atoms with van der Waals surface area (Å²) in [5, 5.41) is 13.4. The van der Waals surface area contributed by atoms with Gasteiger partial charge < -0.3 is 15.3 Å². The summed E-state index contributed by atoms with van der Waals surface area (Å²) in [4.78, 5) is 9.33. The molecule has 0 saturated heterocycles. The van der Waals surface area contributed by atoms with Gasteiger partial charge in [-0.05, 0) is 36.4 Å².